The summed E-state index contributed by atoms with van der Waals surface area (Å²) < 4.78 is 0.864. The molecule has 0 radical (unpaired) electrons. The van der Waals surface area contributed by atoms with Crippen molar-refractivity contribution in [3.8, 4) is 6.07 Å². The van der Waals surface area contributed by atoms with E-state index in [-0.39, 0.29) is 11.5 Å². The first-order valence-corrected chi connectivity index (χ1v) is 13.0. The van der Waals surface area contributed by atoms with Crippen molar-refractivity contribution in [2.24, 2.45) is 0 Å². The minimum absolute atomic E-state index is 0.0714. The summed E-state index contributed by atoms with van der Waals surface area (Å²) in [6.07, 6.45) is 1.09. The summed E-state index contributed by atoms with van der Waals surface area (Å²) in [4.78, 5) is 28.0. The third-order valence-electron chi connectivity index (χ3n) is 5.47. The van der Waals surface area contributed by atoms with E-state index >= 15 is 0 Å². The first-order valence-electron chi connectivity index (χ1n) is 10.9. The summed E-state index contributed by atoms with van der Waals surface area (Å²) >= 11 is 10.7. The van der Waals surface area contributed by atoms with Gasteiger partial charge in [-0.3, -0.25) is 14.5 Å². The van der Waals surface area contributed by atoms with Crippen LogP contribution in [0, 0.1) is 11.3 Å². The Morgan fingerprint density at radius 1 is 1.03 bits per heavy atom. The monoisotopic (exact) mass is 565 g/mol. The molecule has 35 heavy (non-hydrogen) atoms. The zero-order valence-corrected chi connectivity index (χ0v) is 21.7. The van der Waals surface area contributed by atoms with Gasteiger partial charge in [-0.2, -0.15) is 5.26 Å². The number of nitrogens with one attached hydrogen (secondary N) is 1. The van der Waals surface area contributed by atoms with Crippen LogP contribution in [0.4, 0.5) is 5.69 Å². The van der Waals surface area contributed by atoms with Gasteiger partial charge in [0, 0.05) is 21.7 Å². The van der Waals surface area contributed by atoms with E-state index < -0.39 is 11.2 Å². The molecule has 3 aromatic rings. The van der Waals surface area contributed by atoms with Crippen LogP contribution in [0.2, 0.25) is 5.02 Å². The Morgan fingerprint density at radius 3 is 2.37 bits per heavy atom. The molecular formula is C27H21BrClN3O2S. The first kappa shape index (κ1) is 25.1. The van der Waals surface area contributed by atoms with Gasteiger partial charge in [-0.1, -0.05) is 81.8 Å². The highest BCUT2D eigenvalue weighted by Gasteiger charge is 2.40. The Morgan fingerprint density at radius 2 is 1.71 bits per heavy atom. The quantitative estimate of drug-likeness (QED) is 0.286. The standard InChI is InChI=1S/C27H21BrClN3O2S/c28-20-8-12-22(13-9-20)32-26(34)24(16-19-6-10-21(29)11-7-19)35-27(32)23(17-30)25(33)31-15-14-18-4-2-1-3-5-18/h1-13,24H,14-16H2,(H,31,33)/b27-23-/t24-/m0/s1. The van der Waals surface area contributed by atoms with Crippen LogP contribution in [0.25, 0.3) is 0 Å². The highest BCUT2D eigenvalue weighted by atomic mass is 79.9. The molecule has 1 N–H and O–H groups in total. The first-order chi connectivity index (χ1) is 17.0. The number of anilines is 1. The zero-order valence-electron chi connectivity index (χ0n) is 18.6. The second-order valence-electron chi connectivity index (χ2n) is 7.87. The van der Waals surface area contributed by atoms with Crippen molar-refractivity contribution in [3.05, 3.63) is 110 Å². The molecule has 0 saturated carbocycles. The van der Waals surface area contributed by atoms with E-state index in [1.165, 1.54) is 16.7 Å². The maximum absolute atomic E-state index is 13.5. The van der Waals surface area contributed by atoms with Crippen molar-refractivity contribution in [1.29, 1.82) is 5.26 Å². The van der Waals surface area contributed by atoms with Gasteiger partial charge in [0.15, 0.2) is 0 Å². The molecule has 2 amide bonds. The van der Waals surface area contributed by atoms with Crippen molar-refractivity contribution < 1.29 is 9.59 Å². The van der Waals surface area contributed by atoms with Gasteiger partial charge >= 0.3 is 0 Å². The number of amides is 2. The molecule has 1 heterocycles. The van der Waals surface area contributed by atoms with Crippen molar-refractivity contribution >= 4 is 56.8 Å². The molecule has 1 atom stereocenters. The number of hydrogen-bond acceptors (Lipinski definition) is 4. The number of benzene rings is 3. The SMILES string of the molecule is N#C/C(C(=O)NCCc1ccccc1)=C1/S[C@@H](Cc2ccc(Cl)cc2)C(=O)N1c1ccc(Br)cc1. The van der Waals surface area contributed by atoms with E-state index in [0.717, 1.165) is 15.6 Å². The summed E-state index contributed by atoms with van der Waals surface area (Å²) in [5.41, 5.74) is 2.56. The molecule has 0 spiro atoms. The Hall–Kier alpha value is -3.05. The van der Waals surface area contributed by atoms with Gasteiger partial charge in [0.2, 0.25) is 5.91 Å². The lowest BCUT2D eigenvalue weighted by atomic mass is 10.1. The highest BCUT2D eigenvalue weighted by Crippen LogP contribution is 2.42. The summed E-state index contributed by atoms with van der Waals surface area (Å²) in [5, 5.41) is 13.3. The maximum atomic E-state index is 13.5. The van der Waals surface area contributed by atoms with E-state index in [2.05, 4.69) is 21.2 Å². The van der Waals surface area contributed by atoms with E-state index in [0.29, 0.717) is 35.1 Å². The number of nitriles is 1. The number of carbonyl (C=O) groups is 2. The van der Waals surface area contributed by atoms with Crippen LogP contribution in [0.1, 0.15) is 11.1 Å². The van der Waals surface area contributed by atoms with Crippen molar-refractivity contribution in [1.82, 2.24) is 5.32 Å². The fourth-order valence-corrected chi connectivity index (χ4v) is 5.40. The predicted octanol–water partition coefficient (Wildman–Crippen LogP) is 5.89. The lowest BCUT2D eigenvalue weighted by molar-refractivity contribution is -0.117. The van der Waals surface area contributed by atoms with Crippen LogP contribution >= 0.6 is 39.3 Å². The van der Waals surface area contributed by atoms with Crippen molar-refractivity contribution in [2.45, 2.75) is 18.1 Å². The van der Waals surface area contributed by atoms with Gasteiger partial charge in [-0.25, -0.2) is 0 Å². The molecule has 4 rings (SSSR count). The molecule has 1 saturated heterocycles. The lowest BCUT2D eigenvalue weighted by Crippen LogP contribution is -2.32. The van der Waals surface area contributed by atoms with E-state index in [1.54, 1.807) is 24.3 Å². The predicted molar refractivity (Wildman–Crippen MR) is 144 cm³/mol. The molecule has 5 nitrogen and oxygen atoms in total. The smallest absolute Gasteiger partial charge is 0.264 e. The fourth-order valence-electron chi connectivity index (χ4n) is 3.70. The Bertz CT molecular complexity index is 1290. The second kappa shape index (κ2) is 11.6. The number of hydrogen-bond donors (Lipinski definition) is 1. The molecule has 1 aliphatic heterocycles. The van der Waals surface area contributed by atoms with E-state index in [1.807, 2.05) is 60.7 Å². The molecule has 8 heteroatoms. The molecule has 3 aromatic carbocycles. The maximum Gasteiger partial charge on any atom is 0.264 e. The zero-order chi connectivity index (χ0) is 24.8. The van der Waals surface area contributed by atoms with Crippen LogP contribution in [0.15, 0.2) is 93.9 Å². The molecule has 0 unspecified atom stereocenters. The summed E-state index contributed by atoms with van der Waals surface area (Å²) in [6, 6.07) is 26.4. The summed E-state index contributed by atoms with van der Waals surface area (Å²) in [6.45, 7) is 0.381. The van der Waals surface area contributed by atoms with Gasteiger partial charge in [-0.05, 0) is 60.4 Å². The van der Waals surface area contributed by atoms with Gasteiger partial charge in [0.1, 0.15) is 16.7 Å². The molecule has 176 valence electrons. The van der Waals surface area contributed by atoms with Crippen LogP contribution in [-0.4, -0.2) is 23.6 Å². The van der Waals surface area contributed by atoms with Gasteiger partial charge in [-0.15, -0.1) is 0 Å². The summed E-state index contributed by atoms with van der Waals surface area (Å²) in [7, 11) is 0. The minimum atomic E-state index is -0.493. The van der Waals surface area contributed by atoms with Crippen LogP contribution in [0.3, 0.4) is 0 Å². The van der Waals surface area contributed by atoms with Crippen LogP contribution < -0.4 is 10.2 Å². The lowest BCUT2D eigenvalue weighted by Gasteiger charge is -2.19. The largest absolute Gasteiger partial charge is 0.351 e. The normalized spacial score (nSPS) is 16.7. The molecule has 0 aliphatic carbocycles. The molecular weight excluding hydrogens is 546 g/mol. The average Bonchev–Trinajstić information content (AvgIpc) is 3.17. The number of rotatable bonds is 7. The number of carbonyl (C=O) groups excluding carboxylic acids is 2. The fraction of sp³-hybridized carbons (Fsp3) is 0.148. The molecule has 0 bridgehead atoms. The van der Waals surface area contributed by atoms with Crippen molar-refractivity contribution in [3.63, 3.8) is 0 Å². The van der Waals surface area contributed by atoms with E-state index in [9.17, 15) is 14.9 Å². The average molecular weight is 567 g/mol. The third-order valence-corrected chi connectivity index (χ3v) is 7.51. The topological polar surface area (TPSA) is 73.2 Å². The van der Waals surface area contributed by atoms with Gasteiger partial charge in [0.25, 0.3) is 5.91 Å². The second-order valence-corrected chi connectivity index (χ2v) is 10.4. The third kappa shape index (κ3) is 6.15. The van der Waals surface area contributed by atoms with Crippen LogP contribution in [-0.2, 0) is 22.4 Å². The summed E-state index contributed by atoms with van der Waals surface area (Å²) in [5.74, 6) is -0.667. The minimum Gasteiger partial charge on any atom is -0.351 e. The van der Waals surface area contributed by atoms with Crippen LogP contribution in [0.5, 0.6) is 0 Å². The Balaban J connectivity index is 1.61. The number of halogens is 2. The van der Waals surface area contributed by atoms with Crippen molar-refractivity contribution in [2.75, 3.05) is 11.4 Å². The molecule has 1 fully saturated rings. The van der Waals surface area contributed by atoms with Gasteiger partial charge < -0.3 is 5.32 Å². The van der Waals surface area contributed by atoms with E-state index in [4.69, 9.17) is 11.6 Å². The number of nitrogens with zero attached hydrogens (tertiary/aromatic N) is 2. The Labute approximate surface area is 221 Å². The number of thioether (sulfide) groups is 1. The molecule has 0 aromatic heterocycles. The highest BCUT2D eigenvalue weighted by molar-refractivity contribution is 9.10. The molecule has 1 aliphatic rings. The van der Waals surface area contributed by atoms with Gasteiger partial charge in [0.05, 0.1) is 5.25 Å². The Kier molecular flexibility index (Phi) is 8.29.